The maximum Gasteiger partial charge on any atom is 0.267 e. The zero-order valence-electron chi connectivity index (χ0n) is 18.9. The van der Waals surface area contributed by atoms with Gasteiger partial charge in [-0.25, -0.2) is 18.3 Å². The summed E-state index contributed by atoms with van der Waals surface area (Å²) in [5.74, 6) is -1.37. The lowest BCUT2D eigenvalue weighted by atomic mass is 10.1. The number of carbonyl (C=O) groups excluding carboxylic acids is 1. The van der Waals surface area contributed by atoms with Crippen LogP contribution in [0.1, 0.15) is 29.8 Å². The van der Waals surface area contributed by atoms with E-state index < -0.39 is 17.5 Å². The molecule has 0 spiro atoms. The number of benzene rings is 3. The normalized spacial score (nSPS) is 10.9. The van der Waals surface area contributed by atoms with Gasteiger partial charge in [-0.1, -0.05) is 18.2 Å². The molecule has 0 saturated heterocycles. The van der Waals surface area contributed by atoms with Gasteiger partial charge < -0.3 is 10.2 Å². The number of nitrogens with one attached hydrogen (secondary N) is 1. The molecule has 4 aromatic rings. The summed E-state index contributed by atoms with van der Waals surface area (Å²) in [5, 5.41) is 3.03. The number of hydrogen-bond acceptors (Lipinski definition) is 4. The van der Waals surface area contributed by atoms with Crippen LogP contribution in [0.5, 0.6) is 0 Å². The highest BCUT2D eigenvalue weighted by Gasteiger charge is 2.18. The summed E-state index contributed by atoms with van der Waals surface area (Å²) in [6, 6.07) is 17.1. The van der Waals surface area contributed by atoms with Gasteiger partial charge in [-0.15, -0.1) is 0 Å². The molecule has 0 aliphatic carbocycles. The second kappa shape index (κ2) is 9.82. The van der Waals surface area contributed by atoms with Crippen molar-refractivity contribution in [2.45, 2.75) is 20.4 Å². The van der Waals surface area contributed by atoms with E-state index in [0.717, 1.165) is 18.2 Å². The van der Waals surface area contributed by atoms with Gasteiger partial charge in [0.05, 0.1) is 16.6 Å². The number of carbonyl (C=O) groups is 1. The number of halogens is 2. The monoisotopic (exact) mass is 462 g/mol. The third kappa shape index (κ3) is 4.66. The van der Waals surface area contributed by atoms with Gasteiger partial charge >= 0.3 is 0 Å². The minimum absolute atomic E-state index is 0.0424. The number of nitrogens with zero attached hydrogens (tertiary/aromatic N) is 3. The molecule has 0 aliphatic rings. The Hall–Kier alpha value is -4.07. The quantitative estimate of drug-likeness (QED) is 0.441. The van der Waals surface area contributed by atoms with E-state index >= 15 is 0 Å². The molecule has 4 rings (SSSR count). The van der Waals surface area contributed by atoms with Crippen LogP contribution in [0.3, 0.4) is 0 Å². The number of hydrogen-bond donors (Lipinski definition) is 1. The van der Waals surface area contributed by atoms with E-state index in [9.17, 15) is 18.4 Å². The fraction of sp³-hybridized carbons (Fsp3) is 0.192. The van der Waals surface area contributed by atoms with Crippen LogP contribution in [0, 0.1) is 11.6 Å². The Labute approximate surface area is 195 Å². The lowest BCUT2D eigenvalue weighted by Crippen LogP contribution is -2.32. The fourth-order valence-electron chi connectivity index (χ4n) is 3.84. The largest absolute Gasteiger partial charge is 0.348 e. The second-order valence-corrected chi connectivity index (χ2v) is 7.75. The summed E-state index contributed by atoms with van der Waals surface area (Å²) in [4.78, 5) is 32.9. The van der Waals surface area contributed by atoms with Crippen LogP contribution in [0.4, 0.5) is 14.7 Å². The van der Waals surface area contributed by atoms with Crippen molar-refractivity contribution < 1.29 is 13.6 Å². The van der Waals surface area contributed by atoms with E-state index in [4.69, 9.17) is 4.98 Å². The molecule has 1 amide bonds. The third-order valence-corrected chi connectivity index (χ3v) is 5.55. The van der Waals surface area contributed by atoms with Crippen molar-refractivity contribution in [1.82, 2.24) is 14.9 Å². The first kappa shape index (κ1) is 23.1. The predicted molar refractivity (Wildman–Crippen MR) is 128 cm³/mol. The second-order valence-electron chi connectivity index (χ2n) is 7.75. The Morgan fingerprint density at radius 1 is 0.971 bits per heavy atom. The van der Waals surface area contributed by atoms with Crippen molar-refractivity contribution in [1.29, 1.82) is 0 Å². The Bertz CT molecular complexity index is 1380. The number of para-hydroxylation sites is 1. The van der Waals surface area contributed by atoms with Crippen molar-refractivity contribution in [2.75, 3.05) is 18.0 Å². The van der Waals surface area contributed by atoms with Gasteiger partial charge in [-0.2, -0.15) is 0 Å². The number of amides is 1. The minimum atomic E-state index is -0.710. The van der Waals surface area contributed by atoms with Gasteiger partial charge in [-0.05, 0) is 61.9 Å². The van der Waals surface area contributed by atoms with Gasteiger partial charge in [-0.3, -0.25) is 9.59 Å². The van der Waals surface area contributed by atoms with Gasteiger partial charge in [0.2, 0.25) is 5.95 Å². The molecule has 0 unspecified atom stereocenters. The Balaban J connectivity index is 1.73. The molecule has 0 aliphatic heterocycles. The van der Waals surface area contributed by atoms with Gasteiger partial charge in [0.1, 0.15) is 11.6 Å². The van der Waals surface area contributed by atoms with Crippen LogP contribution in [-0.4, -0.2) is 28.5 Å². The molecule has 0 saturated carbocycles. The lowest BCUT2D eigenvalue weighted by molar-refractivity contribution is 0.0951. The van der Waals surface area contributed by atoms with Crippen molar-refractivity contribution in [2.24, 2.45) is 0 Å². The topological polar surface area (TPSA) is 67.2 Å². The van der Waals surface area contributed by atoms with Gasteiger partial charge in [0.15, 0.2) is 0 Å². The lowest BCUT2D eigenvalue weighted by Gasteiger charge is -2.24. The molecule has 34 heavy (non-hydrogen) atoms. The first-order valence-corrected chi connectivity index (χ1v) is 11.0. The highest BCUT2D eigenvalue weighted by molar-refractivity contribution is 5.97. The molecular formula is C26H24F2N4O2. The minimum Gasteiger partial charge on any atom is -0.348 e. The molecule has 1 aromatic heterocycles. The number of anilines is 1. The van der Waals surface area contributed by atoms with E-state index in [2.05, 4.69) is 5.32 Å². The van der Waals surface area contributed by atoms with Crippen molar-refractivity contribution in [3.63, 3.8) is 0 Å². The maximum atomic E-state index is 13.5. The van der Waals surface area contributed by atoms with E-state index in [0.29, 0.717) is 46.8 Å². The fourth-order valence-corrected chi connectivity index (χ4v) is 3.84. The standard InChI is InChI=1S/C26H24F2N4O2/c1-3-31(4-2)26-30-23-14-18(24(33)29-16-17-12-19(27)15-20(28)13-17)10-11-22(23)25(34)32(26)21-8-6-5-7-9-21/h5-15H,3-4,16H2,1-2H3,(H,29,33). The zero-order valence-corrected chi connectivity index (χ0v) is 18.9. The molecule has 1 heterocycles. The average molecular weight is 463 g/mol. The zero-order chi connectivity index (χ0) is 24.2. The van der Waals surface area contributed by atoms with E-state index in [1.54, 1.807) is 22.8 Å². The molecule has 6 nitrogen and oxygen atoms in total. The SMILES string of the molecule is CCN(CC)c1nc2cc(C(=O)NCc3cc(F)cc(F)c3)ccc2c(=O)n1-c1ccccc1. The molecule has 0 fully saturated rings. The molecule has 0 radical (unpaired) electrons. The Kier molecular flexibility index (Phi) is 6.67. The molecule has 174 valence electrons. The van der Waals surface area contributed by atoms with Crippen LogP contribution in [-0.2, 0) is 6.54 Å². The summed E-state index contributed by atoms with van der Waals surface area (Å²) < 4.78 is 28.4. The Morgan fingerprint density at radius 3 is 2.29 bits per heavy atom. The number of aromatic nitrogens is 2. The molecule has 8 heteroatoms. The summed E-state index contributed by atoms with van der Waals surface area (Å²) in [7, 11) is 0. The summed E-state index contributed by atoms with van der Waals surface area (Å²) >= 11 is 0. The van der Waals surface area contributed by atoms with Crippen LogP contribution in [0.15, 0.2) is 71.5 Å². The van der Waals surface area contributed by atoms with E-state index in [1.807, 2.05) is 49.1 Å². The van der Waals surface area contributed by atoms with Crippen molar-refractivity contribution >= 4 is 22.8 Å². The highest BCUT2D eigenvalue weighted by atomic mass is 19.1. The van der Waals surface area contributed by atoms with Crippen LogP contribution < -0.4 is 15.8 Å². The van der Waals surface area contributed by atoms with Crippen molar-refractivity contribution in [3.8, 4) is 5.69 Å². The molecular weight excluding hydrogens is 438 g/mol. The first-order valence-electron chi connectivity index (χ1n) is 11.0. The predicted octanol–water partition coefficient (Wildman–Crippen LogP) is 4.44. The Morgan fingerprint density at radius 2 is 1.65 bits per heavy atom. The van der Waals surface area contributed by atoms with Crippen LogP contribution in [0.2, 0.25) is 0 Å². The molecule has 3 aromatic carbocycles. The van der Waals surface area contributed by atoms with Crippen molar-refractivity contribution in [3.05, 3.63) is 99.8 Å². The smallest absolute Gasteiger partial charge is 0.267 e. The van der Waals surface area contributed by atoms with Crippen LogP contribution in [0.25, 0.3) is 16.6 Å². The summed E-state index contributed by atoms with van der Waals surface area (Å²) in [5.41, 5.74) is 1.45. The average Bonchev–Trinajstić information content (AvgIpc) is 2.83. The van der Waals surface area contributed by atoms with E-state index in [1.165, 1.54) is 0 Å². The first-order chi connectivity index (χ1) is 16.4. The summed E-state index contributed by atoms with van der Waals surface area (Å²) in [6.07, 6.45) is 0. The molecule has 1 N–H and O–H groups in total. The number of rotatable bonds is 7. The molecule has 0 atom stereocenters. The van der Waals surface area contributed by atoms with Gasteiger partial charge in [0.25, 0.3) is 11.5 Å². The highest BCUT2D eigenvalue weighted by Crippen LogP contribution is 2.20. The van der Waals surface area contributed by atoms with Gasteiger partial charge in [0, 0.05) is 31.3 Å². The van der Waals surface area contributed by atoms with E-state index in [-0.39, 0.29) is 12.1 Å². The maximum absolute atomic E-state index is 13.5. The number of fused-ring (bicyclic) bond motifs is 1. The third-order valence-electron chi connectivity index (χ3n) is 5.55. The summed E-state index contributed by atoms with van der Waals surface area (Å²) in [6.45, 7) is 5.21. The molecule has 0 bridgehead atoms. The van der Waals surface area contributed by atoms with Crippen LogP contribution >= 0.6 is 0 Å².